The molecule has 0 aliphatic carbocycles. The van der Waals surface area contributed by atoms with Crippen LogP contribution in [0.2, 0.25) is 6.32 Å². The van der Waals surface area contributed by atoms with Crippen LogP contribution in [-0.4, -0.2) is 18.7 Å². The SMILES string of the molecule is [B]1CCSC1. The molecule has 2 heteroatoms. The maximum absolute atomic E-state index is 2.32. The second kappa shape index (κ2) is 1.76. The molecule has 0 aromatic heterocycles. The predicted octanol–water partition coefficient (Wildman–Crippen LogP) is 0.813. The molecule has 1 aliphatic heterocycles. The first-order chi connectivity index (χ1) is 2.50. The zero-order valence-corrected chi connectivity index (χ0v) is 3.92. The largest absolute Gasteiger partial charge is 0.172 e. The third-order valence-electron chi connectivity index (χ3n) is 0.702. The lowest BCUT2D eigenvalue weighted by molar-refractivity contribution is 1.52. The number of hydrogen-bond acceptors (Lipinski definition) is 1. The first kappa shape index (κ1) is 3.60. The van der Waals surface area contributed by atoms with E-state index in [-0.39, 0.29) is 0 Å². The summed E-state index contributed by atoms with van der Waals surface area (Å²) in [6.45, 7) is 0. The van der Waals surface area contributed by atoms with Crippen molar-refractivity contribution in [2.24, 2.45) is 0 Å². The van der Waals surface area contributed by atoms with Crippen LogP contribution in [0.4, 0.5) is 0 Å². The fraction of sp³-hybridized carbons (Fsp3) is 1.00. The highest BCUT2D eigenvalue weighted by atomic mass is 32.2. The molecule has 0 N–H and O–H groups in total. The van der Waals surface area contributed by atoms with Crippen molar-refractivity contribution >= 4 is 19.0 Å². The minimum absolute atomic E-state index is 1.29. The van der Waals surface area contributed by atoms with Crippen molar-refractivity contribution in [3.63, 3.8) is 0 Å². The second-order valence-electron chi connectivity index (χ2n) is 1.15. The first-order valence-corrected chi connectivity index (χ1v) is 3.05. The Hall–Kier alpha value is 0.415. The molecule has 1 radical (unpaired) electrons. The zero-order valence-electron chi connectivity index (χ0n) is 3.11. The van der Waals surface area contributed by atoms with Crippen molar-refractivity contribution in [3.05, 3.63) is 0 Å². The van der Waals surface area contributed by atoms with Crippen LogP contribution in [0.15, 0.2) is 0 Å². The van der Waals surface area contributed by atoms with Crippen molar-refractivity contribution in [3.8, 4) is 0 Å². The average molecular weight is 85.0 g/mol. The number of thioether (sulfide) groups is 1. The van der Waals surface area contributed by atoms with Gasteiger partial charge in [0.2, 0.25) is 0 Å². The first-order valence-electron chi connectivity index (χ1n) is 1.89. The Bertz CT molecular complexity index is 18.5. The highest BCUT2D eigenvalue weighted by molar-refractivity contribution is 8.01. The summed E-state index contributed by atoms with van der Waals surface area (Å²) in [7, 11) is 2.32. The molecule has 1 fully saturated rings. The molecule has 0 unspecified atom stereocenters. The maximum Gasteiger partial charge on any atom is 0.123 e. The van der Waals surface area contributed by atoms with Crippen LogP contribution in [-0.2, 0) is 0 Å². The Morgan fingerprint density at radius 3 is 2.80 bits per heavy atom. The van der Waals surface area contributed by atoms with Crippen LogP contribution in [0, 0.1) is 0 Å². The van der Waals surface area contributed by atoms with Gasteiger partial charge in [-0.05, 0) is 11.4 Å². The molecule has 1 aliphatic rings. The van der Waals surface area contributed by atoms with E-state index in [0.29, 0.717) is 0 Å². The molecule has 1 rings (SSSR count). The summed E-state index contributed by atoms with van der Waals surface area (Å²) in [6.07, 6.45) is 1.34. The van der Waals surface area contributed by atoms with Crippen LogP contribution in [0.3, 0.4) is 0 Å². The van der Waals surface area contributed by atoms with Crippen LogP contribution in [0.5, 0.6) is 0 Å². The van der Waals surface area contributed by atoms with Gasteiger partial charge in [0.1, 0.15) is 7.28 Å². The third kappa shape index (κ3) is 0.878. The molecule has 0 atom stereocenters. The Balaban J connectivity index is 2.08. The van der Waals surface area contributed by atoms with E-state index in [1.54, 1.807) is 0 Å². The molecule has 1 heterocycles. The maximum atomic E-state index is 2.32. The fourth-order valence-electron chi connectivity index (χ4n) is 0.417. The smallest absolute Gasteiger partial charge is 0.123 e. The van der Waals surface area contributed by atoms with E-state index >= 15 is 0 Å². The standard InChI is InChI=1S/C3H6BS/c1-2-5-3-4-1/h1-3H2. The van der Waals surface area contributed by atoms with Gasteiger partial charge in [0.25, 0.3) is 0 Å². The summed E-state index contributed by atoms with van der Waals surface area (Å²) in [4.78, 5) is 0. The molecular formula is C3H6BS. The van der Waals surface area contributed by atoms with Gasteiger partial charge in [0.15, 0.2) is 0 Å². The fourth-order valence-corrected chi connectivity index (χ4v) is 1.25. The number of rotatable bonds is 0. The minimum Gasteiger partial charge on any atom is -0.172 e. The van der Waals surface area contributed by atoms with Crippen molar-refractivity contribution < 1.29 is 0 Å². The van der Waals surface area contributed by atoms with E-state index in [4.69, 9.17) is 0 Å². The molecule has 0 bridgehead atoms. The lowest BCUT2D eigenvalue weighted by atomic mass is 9.79. The zero-order chi connectivity index (χ0) is 3.54. The van der Waals surface area contributed by atoms with Gasteiger partial charge in [-0.3, -0.25) is 0 Å². The van der Waals surface area contributed by atoms with E-state index in [9.17, 15) is 0 Å². The quantitative estimate of drug-likeness (QED) is 0.392. The molecule has 0 spiro atoms. The Labute approximate surface area is 37.6 Å². The molecule has 0 nitrogen and oxygen atoms in total. The summed E-state index contributed by atoms with van der Waals surface area (Å²) in [5.74, 6) is 1.36. The Kier molecular flexibility index (Phi) is 1.26. The molecule has 0 amide bonds. The Morgan fingerprint density at radius 2 is 2.60 bits per heavy atom. The van der Waals surface area contributed by atoms with Gasteiger partial charge >= 0.3 is 0 Å². The summed E-state index contributed by atoms with van der Waals surface area (Å²) in [6, 6.07) is 0. The molecule has 0 aromatic carbocycles. The van der Waals surface area contributed by atoms with E-state index in [1.165, 1.54) is 17.7 Å². The topological polar surface area (TPSA) is 0 Å². The van der Waals surface area contributed by atoms with Crippen LogP contribution < -0.4 is 0 Å². The third-order valence-corrected chi connectivity index (χ3v) is 1.70. The van der Waals surface area contributed by atoms with Gasteiger partial charge in [-0.1, -0.05) is 6.32 Å². The monoisotopic (exact) mass is 85.0 g/mol. The molecule has 27 valence electrons. The molecule has 0 aromatic rings. The molecular weight excluding hydrogens is 78.9 g/mol. The lowest BCUT2D eigenvalue weighted by Crippen LogP contribution is -1.78. The van der Waals surface area contributed by atoms with E-state index in [2.05, 4.69) is 7.28 Å². The van der Waals surface area contributed by atoms with Crippen LogP contribution >= 0.6 is 11.8 Å². The van der Waals surface area contributed by atoms with Crippen molar-refractivity contribution in [1.29, 1.82) is 0 Å². The van der Waals surface area contributed by atoms with E-state index < -0.39 is 0 Å². The van der Waals surface area contributed by atoms with Crippen molar-refractivity contribution in [2.75, 3.05) is 11.4 Å². The van der Waals surface area contributed by atoms with Gasteiger partial charge in [0, 0.05) is 0 Å². The summed E-state index contributed by atoms with van der Waals surface area (Å²) in [5, 5.41) is 0. The average Bonchev–Trinajstić information content (AvgIpc) is 1.76. The van der Waals surface area contributed by atoms with Crippen molar-refractivity contribution in [1.82, 2.24) is 0 Å². The van der Waals surface area contributed by atoms with Gasteiger partial charge in [-0.15, -0.1) is 0 Å². The summed E-state index contributed by atoms with van der Waals surface area (Å²) < 4.78 is 0. The molecule has 0 saturated carbocycles. The highest BCUT2D eigenvalue weighted by Crippen LogP contribution is 2.08. The summed E-state index contributed by atoms with van der Waals surface area (Å²) >= 11 is 2.02. The summed E-state index contributed by atoms with van der Waals surface area (Å²) in [5.41, 5.74) is 1.29. The van der Waals surface area contributed by atoms with Crippen LogP contribution in [0.1, 0.15) is 0 Å². The second-order valence-corrected chi connectivity index (χ2v) is 2.30. The van der Waals surface area contributed by atoms with Gasteiger partial charge < -0.3 is 0 Å². The van der Waals surface area contributed by atoms with E-state index in [0.717, 1.165) is 0 Å². The molecule has 5 heavy (non-hydrogen) atoms. The minimum atomic E-state index is 1.29. The highest BCUT2D eigenvalue weighted by Gasteiger charge is 1.97. The van der Waals surface area contributed by atoms with Crippen molar-refractivity contribution in [2.45, 2.75) is 6.32 Å². The van der Waals surface area contributed by atoms with Gasteiger partial charge in [0.05, 0.1) is 0 Å². The molecule has 1 saturated heterocycles. The van der Waals surface area contributed by atoms with Crippen LogP contribution in [0.25, 0.3) is 0 Å². The van der Waals surface area contributed by atoms with Gasteiger partial charge in [-0.25, -0.2) is 0 Å². The predicted molar refractivity (Wildman–Crippen MR) is 27.9 cm³/mol. The Morgan fingerprint density at radius 1 is 1.60 bits per heavy atom. The normalized spacial score (nSPS) is 22.4. The lowest BCUT2D eigenvalue weighted by Gasteiger charge is -1.70. The van der Waals surface area contributed by atoms with E-state index in [1.807, 2.05) is 11.8 Å². The number of hydrogen-bond donors (Lipinski definition) is 0. The van der Waals surface area contributed by atoms with Gasteiger partial charge in [-0.2, -0.15) is 11.8 Å².